The molecule has 2 heteroatoms. The predicted octanol–water partition coefficient (Wildman–Crippen LogP) is 4.36. The molecule has 1 aliphatic carbocycles. The van der Waals surface area contributed by atoms with Crippen molar-refractivity contribution < 1.29 is 9.53 Å². The molecule has 108 valence electrons. The minimum Gasteiger partial charge on any atom is -0.462 e. The highest BCUT2D eigenvalue weighted by Crippen LogP contribution is 2.43. The average Bonchev–Trinajstić information content (AvgIpc) is 2.47. The number of fused-ring (bicyclic) bond motifs is 3. The summed E-state index contributed by atoms with van der Waals surface area (Å²) in [5.74, 6) is -0.248. The normalized spacial score (nSPS) is 15.0. The number of carbonyl (C=O) groups excluding carboxylic acids is 1. The van der Waals surface area contributed by atoms with Crippen LogP contribution >= 0.6 is 0 Å². The van der Waals surface area contributed by atoms with Gasteiger partial charge in [-0.1, -0.05) is 44.2 Å². The van der Waals surface area contributed by atoms with Gasteiger partial charge in [0.1, 0.15) is 0 Å². The Kier molecular flexibility index (Phi) is 3.32. The number of hydrogen-bond donors (Lipinski definition) is 0. The highest BCUT2D eigenvalue weighted by Gasteiger charge is 2.30. The Morgan fingerprint density at radius 3 is 2.67 bits per heavy atom. The number of rotatable bonds is 2. The third-order valence-electron chi connectivity index (χ3n) is 4.20. The van der Waals surface area contributed by atoms with E-state index in [0.29, 0.717) is 12.2 Å². The lowest BCUT2D eigenvalue weighted by molar-refractivity contribution is 0.0526. The van der Waals surface area contributed by atoms with Gasteiger partial charge in [-0.15, -0.1) is 0 Å². The van der Waals surface area contributed by atoms with Crippen LogP contribution in [0.2, 0.25) is 0 Å². The van der Waals surface area contributed by atoms with Crippen LogP contribution in [0.1, 0.15) is 42.3 Å². The van der Waals surface area contributed by atoms with Crippen LogP contribution in [-0.4, -0.2) is 12.6 Å². The third kappa shape index (κ3) is 2.35. The van der Waals surface area contributed by atoms with Crippen LogP contribution in [-0.2, 0) is 16.6 Å². The SMILES string of the molecule is CCOC(=O)c1ccc2c(c1)-c1ccccc1C(C)(C)C2. The molecule has 0 fully saturated rings. The molecule has 0 radical (unpaired) electrons. The Morgan fingerprint density at radius 2 is 1.90 bits per heavy atom. The van der Waals surface area contributed by atoms with Crippen molar-refractivity contribution in [2.24, 2.45) is 0 Å². The van der Waals surface area contributed by atoms with E-state index in [1.807, 2.05) is 19.1 Å². The summed E-state index contributed by atoms with van der Waals surface area (Å²) in [5, 5.41) is 0. The molecule has 0 atom stereocenters. The van der Waals surface area contributed by atoms with Crippen LogP contribution in [0, 0.1) is 0 Å². The van der Waals surface area contributed by atoms with Crippen molar-refractivity contribution >= 4 is 5.97 Å². The number of hydrogen-bond acceptors (Lipinski definition) is 2. The Labute approximate surface area is 125 Å². The maximum atomic E-state index is 11.9. The molecule has 0 saturated heterocycles. The summed E-state index contributed by atoms with van der Waals surface area (Å²) in [6.07, 6.45) is 0.989. The summed E-state index contributed by atoms with van der Waals surface area (Å²) in [6.45, 7) is 6.77. The smallest absolute Gasteiger partial charge is 0.338 e. The monoisotopic (exact) mass is 280 g/mol. The van der Waals surface area contributed by atoms with E-state index in [0.717, 1.165) is 12.0 Å². The maximum absolute atomic E-state index is 11.9. The van der Waals surface area contributed by atoms with Crippen LogP contribution in [0.25, 0.3) is 11.1 Å². The van der Waals surface area contributed by atoms with Gasteiger partial charge in [0.05, 0.1) is 12.2 Å². The van der Waals surface area contributed by atoms with Crippen molar-refractivity contribution in [3.05, 3.63) is 59.2 Å². The first kappa shape index (κ1) is 13.9. The molecule has 2 nitrogen and oxygen atoms in total. The predicted molar refractivity (Wildman–Crippen MR) is 84.6 cm³/mol. The zero-order valence-electron chi connectivity index (χ0n) is 12.8. The number of esters is 1. The summed E-state index contributed by atoms with van der Waals surface area (Å²) in [7, 11) is 0. The largest absolute Gasteiger partial charge is 0.462 e. The second kappa shape index (κ2) is 5.03. The number of benzene rings is 2. The first-order valence-electron chi connectivity index (χ1n) is 7.43. The van der Waals surface area contributed by atoms with Gasteiger partial charge in [0, 0.05) is 0 Å². The minimum absolute atomic E-state index is 0.120. The highest BCUT2D eigenvalue weighted by atomic mass is 16.5. The van der Waals surface area contributed by atoms with Crippen LogP contribution in [0.3, 0.4) is 0 Å². The van der Waals surface area contributed by atoms with Crippen LogP contribution < -0.4 is 0 Å². The number of carbonyl (C=O) groups is 1. The van der Waals surface area contributed by atoms with Crippen molar-refractivity contribution in [2.45, 2.75) is 32.6 Å². The highest BCUT2D eigenvalue weighted by molar-refractivity contribution is 5.92. The third-order valence-corrected chi connectivity index (χ3v) is 4.20. The fourth-order valence-electron chi connectivity index (χ4n) is 3.20. The Bertz CT molecular complexity index is 698. The van der Waals surface area contributed by atoms with Crippen LogP contribution in [0.15, 0.2) is 42.5 Å². The quantitative estimate of drug-likeness (QED) is 0.764. The Balaban J connectivity index is 2.14. The molecule has 3 rings (SSSR count). The van der Waals surface area contributed by atoms with E-state index in [9.17, 15) is 4.79 Å². The van der Waals surface area contributed by atoms with Gasteiger partial charge in [-0.25, -0.2) is 4.79 Å². The lowest BCUT2D eigenvalue weighted by atomic mass is 9.70. The first-order chi connectivity index (χ1) is 10.0. The van der Waals surface area contributed by atoms with Gasteiger partial charge in [-0.2, -0.15) is 0 Å². The van der Waals surface area contributed by atoms with Crippen LogP contribution in [0.4, 0.5) is 0 Å². The molecule has 0 spiro atoms. The number of ether oxygens (including phenoxy) is 1. The van der Waals surface area contributed by atoms with Gasteiger partial charge in [0.25, 0.3) is 0 Å². The lowest BCUT2D eigenvalue weighted by Gasteiger charge is -2.34. The van der Waals surface area contributed by atoms with E-state index < -0.39 is 0 Å². The van der Waals surface area contributed by atoms with Gasteiger partial charge < -0.3 is 4.74 Å². The van der Waals surface area contributed by atoms with Crippen LogP contribution in [0.5, 0.6) is 0 Å². The second-order valence-electron chi connectivity index (χ2n) is 6.20. The van der Waals surface area contributed by atoms with Gasteiger partial charge in [-0.05, 0) is 53.1 Å². The summed E-state index contributed by atoms with van der Waals surface area (Å²) in [6, 6.07) is 14.4. The minimum atomic E-state index is -0.248. The molecule has 0 bridgehead atoms. The Morgan fingerprint density at radius 1 is 1.14 bits per heavy atom. The van der Waals surface area contributed by atoms with E-state index in [2.05, 4.69) is 44.2 Å². The van der Waals surface area contributed by atoms with Gasteiger partial charge >= 0.3 is 5.97 Å². The molecule has 0 aromatic heterocycles. The molecule has 0 amide bonds. The van der Waals surface area contributed by atoms with Crippen molar-refractivity contribution in [1.29, 1.82) is 0 Å². The van der Waals surface area contributed by atoms with Crippen molar-refractivity contribution in [3.8, 4) is 11.1 Å². The van der Waals surface area contributed by atoms with Gasteiger partial charge in [0.2, 0.25) is 0 Å². The standard InChI is InChI=1S/C19H20O2/c1-4-21-18(20)13-9-10-14-12-19(2,3)17-8-6-5-7-15(17)16(14)11-13/h5-11H,4,12H2,1-3H3. The molecule has 2 aromatic rings. The molecular weight excluding hydrogens is 260 g/mol. The Hall–Kier alpha value is -2.09. The van der Waals surface area contributed by atoms with E-state index in [1.165, 1.54) is 16.7 Å². The maximum Gasteiger partial charge on any atom is 0.338 e. The second-order valence-corrected chi connectivity index (χ2v) is 6.20. The topological polar surface area (TPSA) is 26.3 Å². The van der Waals surface area contributed by atoms with Crippen molar-refractivity contribution in [3.63, 3.8) is 0 Å². The summed E-state index contributed by atoms with van der Waals surface area (Å²) in [4.78, 5) is 11.9. The molecule has 2 aromatic carbocycles. The molecule has 0 unspecified atom stereocenters. The molecule has 21 heavy (non-hydrogen) atoms. The van der Waals surface area contributed by atoms with Crippen molar-refractivity contribution in [2.75, 3.05) is 6.61 Å². The molecule has 0 saturated carbocycles. The van der Waals surface area contributed by atoms with E-state index in [4.69, 9.17) is 4.74 Å². The lowest BCUT2D eigenvalue weighted by Crippen LogP contribution is -2.25. The van der Waals surface area contributed by atoms with E-state index >= 15 is 0 Å². The summed E-state index contributed by atoms with van der Waals surface area (Å²) >= 11 is 0. The summed E-state index contributed by atoms with van der Waals surface area (Å²) in [5.41, 5.74) is 5.79. The average molecular weight is 280 g/mol. The van der Waals surface area contributed by atoms with E-state index in [1.54, 1.807) is 0 Å². The van der Waals surface area contributed by atoms with E-state index in [-0.39, 0.29) is 11.4 Å². The first-order valence-corrected chi connectivity index (χ1v) is 7.43. The molecule has 0 heterocycles. The summed E-state index contributed by atoms with van der Waals surface area (Å²) < 4.78 is 5.11. The molecule has 0 aliphatic heterocycles. The zero-order valence-corrected chi connectivity index (χ0v) is 12.8. The fraction of sp³-hybridized carbons (Fsp3) is 0.316. The molecule has 1 aliphatic rings. The van der Waals surface area contributed by atoms with Gasteiger partial charge in [0.15, 0.2) is 0 Å². The zero-order chi connectivity index (χ0) is 15.0. The molecule has 0 N–H and O–H groups in total. The fourth-order valence-corrected chi connectivity index (χ4v) is 3.20. The van der Waals surface area contributed by atoms with Gasteiger partial charge in [-0.3, -0.25) is 0 Å². The van der Waals surface area contributed by atoms with Crippen molar-refractivity contribution in [1.82, 2.24) is 0 Å². The molecular formula is C19H20O2.